The number of hydrogen-bond acceptors (Lipinski definition) is 8. The normalized spacial score (nSPS) is 11.1. The molecule has 0 saturated heterocycles. The Morgan fingerprint density at radius 2 is 0.951 bits per heavy atom. The highest BCUT2D eigenvalue weighted by Gasteiger charge is 2.18. The lowest BCUT2D eigenvalue weighted by atomic mass is 10.2. The van der Waals surface area contributed by atoms with Crippen LogP contribution in [0.5, 0.6) is 11.5 Å². The summed E-state index contributed by atoms with van der Waals surface area (Å²) in [7, 11) is -1.80. The highest BCUT2D eigenvalue weighted by molar-refractivity contribution is 7.79. The molecule has 4 aromatic carbocycles. The van der Waals surface area contributed by atoms with E-state index in [1.807, 2.05) is 60.7 Å². The van der Waals surface area contributed by atoms with E-state index < -0.39 is 10.4 Å². The summed E-state index contributed by atoms with van der Waals surface area (Å²) in [5.74, 6) is 1.64. The summed E-state index contributed by atoms with van der Waals surface area (Å²) in [6, 6.07) is 28.5. The molecule has 0 aliphatic heterocycles. The third-order valence-corrected chi connectivity index (χ3v) is 6.42. The third-order valence-electron chi connectivity index (χ3n) is 6.42. The molecule has 0 amide bonds. The molecule has 2 heterocycles. The Hall–Kier alpha value is -4.45. The van der Waals surface area contributed by atoms with Crippen molar-refractivity contribution in [2.75, 3.05) is 14.2 Å². The molecule has 212 valence electrons. The SMILES string of the molecule is CC[n+]1c2ccccc2nc2c(OC)cccc21.CC[n+]1c2ccccc2nc2c(OC)cccc21.O=S(=O)([O-])[O-]. The van der Waals surface area contributed by atoms with Gasteiger partial charge in [-0.25, -0.2) is 9.97 Å². The largest absolute Gasteiger partial charge is 0.759 e. The zero-order chi connectivity index (χ0) is 29.6. The lowest BCUT2D eigenvalue weighted by Gasteiger charge is -2.06. The molecule has 0 unspecified atom stereocenters. The van der Waals surface area contributed by atoms with Gasteiger partial charge >= 0.3 is 0 Å². The van der Waals surface area contributed by atoms with Crippen molar-refractivity contribution in [1.29, 1.82) is 0 Å². The first-order valence-corrected chi connectivity index (χ1v) is 14.2. The topological polar surface area (TPSA) is 132 Å². The zero-order valence-corrected chi connectivity index (χ0v) is 24.0. The molecule has 41 heavy (non-hydrogen) atoms. The van der Waals surface area contributed by atoms with Crippen LogP contribution in [0.2, 0.25) is 0 Å². The van der Waals surface area contributed by atoms with Gasteiger partial charge in [-0.05, 0) is 38.1 Å². The number of rotatable bonds is 4. The van der Waals surface area contributed by atoms with Crippen LogP contribution in [0.15, 0.2) is 84.9 Å². The fraction of sp³-hybridized carbons (Fsp3) is 0.200. The first-order valence-electron chi connectivity index (χ1n) is 12.9. The van der Waals surface area contributed by atoms with Gasteiger partial charge in [0.1, 0.15) is 24.1 Å². The molecule has 0 bridgehead atoms. The molecule has 0 aliphatic rings. The Labute approximate surface area is 238 Å². The fourth-order valence-corrected chi connectivity index (χ4v) is 4.77. The van der Waals surface area contributed by atoms with Crippen molar-refractivity contribution < 1.29 is 36.1 Å². The van der Waals surface area contributed by atoms with Crippen molar-refractivity contribution >= 4 is 54.5 Å². The molecule has 0 aliphatic carbocycles. The number of methoxy groups -OCH3 is 2. The maximum Gasteiger partial charge on any atom is 0.235 e. The van der Waals surface area contributed by atoms with Crippen molar-refractivity contribution in [1.82, 2.24) is 9.97 Å². The number of nitrogens with zero attached hydrogens (tertiary/aromatic N) is 4. The van der Waals surface area contributed by atoms with Crippen molar-refractivity contribution in [3.8, 4) is 11.5 Å². The first kappa shape index (κ1) is 29.5. The van der Waals surface area contributed by atoms with E-state index >= 15 is 0 Å². The van der Waals surface area contributed by atoms with Gasteiger partial charge in [-0.3, -0.25) is 8.42 Å². The Morgan fingerprint density at radius 1 is 0.610 bits per heavy atom. The molecule has 10 nitrogen and oxygen atoms in total. The summed E-state index contributed by atoms with van der Waals surface area (Å²) in [5, 5.41) is 0. The van der Waals surface area contributed by atoms with Crippen LogP contribution in [-0.4, -0.2) is 41.7 Å². The lowest BCUT2D eigenvalue weighted by molar-refractivity contribution is -0.642. The van der Waals surface area contributed by atoms with Crippen LogP contribution in [0.25, 0.3) is 44.1 Å². The molecule has 11 heteroatoms. The summed E-state index contributed by atoms with van der Waals surface area (Å²) in [5.41, 5.74) is 8.35. The molecular weight excluding hydrogens is 544 g/mol. The number of aryl methyl sites for hydroxylation is 2. The molecule has 6 aromatic rings. The van der Waals surface area contributed by atoms with Gasteiger partial charge in [-0.1, -0.05) is 36.4 Å². The highest BCUT2D eigenvalue weighted by atomic mass is 32.3. The minimum Gasteiger partial charge on any atom is -0.759 e. The molecule has 0 fully saturated rings. The fourth-order valence-electron chi connectivity index (χ4n) is 4.77. The minimum absolute atomic E-state index is 0.820. The Balaban J connectivity index is 0.000000163. The van der Waals surface area contributed by atoms with Gasteiger partial charge in [-0.15, -0.1) is 0 Å². The minimum atomic E-state index is -5.17. The Morgan fingerprint density at radius 3 is 1.29 bits per heavy atom. The summed E-state index contributed by atoms with van der Waals surface area (Å²) in [4.78, 5) is 9.42. The van der Waals surface area contributed by atoms with Crippen LogP contribution in [-0.2, 0) is 23.5 Å². The quantitative estimate of drug-likeness (QED) is 0.133. The van der Waals surface area contributed by atoms with Crippen LogP contribution in [0.1, 0.15) is 13.8 Å². The summed E-state index contributed by atoms with van der Waals surface area (Å²) >= 11 is 0. The van der Waals surface area contributed by atoms with E-state index in [1.54, 1.807) is 14.2 Å². The van der Waals surface area contributed by atoms with Gasteiger partial charge in [0.25, 0.3) is 0 Å². The van der Waals surface area contributed by atoms with Crippen LogP contribution >= 0.6 is 0 Å². The van der Waals surface area contributed by atoms with Crippen LogP contribution in [0.4, 0.5) is 0 Å². The number of aromatic nitrogens is 4. The van der Waals surface area contributed by atoms with Crippen LogP contribution in [0.3, 0.4) is 0 Å². The molecular formula is C30H30N4O6S. The zero-order valence-electron chi connectivity index (χ0n) is 23.1. The second-order valence-corrected chi connectivity index (χ2v) is 9.57. The van der Waals surface area contributed by atoms with Gasteiger partial charge in [0, 0.05) is 34.7 Å². The van der Waals surface area contributed by atoms with Crippen molar-refractivity contribution in [3.05, 3.63) is 84.9 Å². The third kappa shape index (κ3) is 6.65. The van der Waals surface area contributed by atoms with E-state index in [4.69, 9.17) is 37.0 Å². The van der Waals surface area contributed by atoms with E-state index in [0.29, 0.717) is 0 Å². The molecule has 0 atom stereocenters. The van der Waals surface area contributed by atoms with Gasteiger partial charge < -0.3 is 18.6 Å². The van der Waals surface area contributed by atoms with Gasteiger partial charge in [0.05, 0.1) is 14.2 Å². The van der Waals surface area contributed by atoms with Crippen molar-refractivity contribution in [2.45, 2.75) is 26.9 Å². The average Bonchev–Trinajstić information content (AvgIpc) is 2.97. The van der Waals surface area contributed by atoms with Crippen molar-refractivity contribution in [3.63, 3.8) is 0 Å². The number of ether oxygens (including phenoxy) is 2. The lowest BCUT2D eigenvalue weighted by Crippen LogP contribution is -2.34. The molecule has 0 spiro atoms. The van der Waals surface area contributed by atoms with E-state index in [1.165, 1.54) is 0 Å². The second-order valence-electron chi connectivity index (χ2n) is 8.75. The van der Waals surface area contributed by atoms with E-state index in [0.717, 1.165) is 68.7 Å². The predicted molar refractivity (Wildman–Crippen MR) is 154 cm³/mol. The summed E-state index contributed by atoms with van der Waals surface area (Å²) in [6.07, 6.45) is 0. The molecule has 0 saturated carbocycles. The number of benzene rings is 4. The van der Waals surface area contributed by atoms with E-state index in [9.17, 15) is 0 Å². The number of para-hydroxylation sites is 6. The molecule has 2 aromatic heterocycles. The van der Waals surface area contributed by atoms with Crippen LogP contribution < -0.4 is 18.6 Å². The second kappa shape index (κ2) is 12.8. The van der Waals surface area contributed by atoms with Crippen LogP contribution in [0, 0.1) is 0 Å². The van der Waals surface area contributed by atoms with Crippen molar-refractivity contribution in [2.24, 2.45) is 0 Å². The first-order chi connectivity index (χ1) is 19.7. The molecule has 0 N–H and O–H groups in total. The monoisotopic (exact) mass is 574 g/mol. The molecule has 6 rings (SSSR count). The number of fused-ring (bicyclic) bond motifs is 4. The standard InChI is InChI=1S/2C15H15N2O.H2O4S/c2*1-3-17-12-8-5-4-7-11(12)16-15-13(17)9-6-10-14(15)18-2;1-5(2,3)4/h2*4-10H,3H2,1-2H3;(H2,1,2,3,4)/q2*+1;/p-2. The summed E-state index contributed by atoms with van der Waals surface area (Å²) < 4.78 is 49.4. The Kier molecular flexibility index (Phi) is 9.23. The van der Waals surface area contributed by atoms with Gasteiger partial charge in [0.2, 0.25) is 22.1 Å². The van der Waals surface area contributed by atoms with Gasteiger partial charge in [0.15, 0.2) is 22.5 Å². The maximum atomic E-state index is 8.52. The summed E-state index contributed by atoms with van der Waals surface area (Å²) in [6.45, 7) is 6.11. The highest BCUT2D eigenvalue weighted by Crippen LogP contribution is 2.24. The molecule has 0 radical (unpaired) electrons. The van der Waals surface area contributed by atoms with E-state index in [2.05, 4.69) is 47.2 Å². The predicted octanol–water partition coefficient (Wildman–Crippen LogP) is 4.07. The smallest absolute Gasteiger partial charge is 0.235 e. The Bertz CT molecular complexity index is 1810. The average molecular weight is 575 g/mol. The maximum absolute atomic E-state index is 8.52. The van der Waals surface area contributed by atoms with Gasteiger partial charge in [-0.2, -0.15) is 9.13 Å². The van der Waals surface area contributed by atoms with E-state index in [-0.39, 0.29) is 0 Å². The number of hydrogen-bond donors (Lipinski definition) is 0.